The lowest BCUT2D eigenvalue weighted by Crippen LogP contribution is -2.57. The molecule has 2 fully saturated rings. The number of rotatable bonds is 2. The molecule has 2 bridgehead atoms. The van der Waals surface area contributed by atoms with Gasteiger partial charge in [-0.05, 0) is 6.42 Å². The van der Waals surface area contributed by atoms with Gasteiger partial charge in [0.05, 0.1) is 0 Å². The molecule has 0 amide bonds. The number of aromatic nitrogens is 2. The summed E-state index contributed by atoms with van der Waals surface area (Å²) in [5.41, 5.74) is 0. The Hall–Kier alpha value is -2.36. The van der Waals surface area contributed by atoms with Gasteiger partial charge in [-0.15, -0.1) is 0 Å². The van der Waals surface area contributed by atoms with Crippen molar-refractivity contribution in [1.82, 2.24) is 0 Å². The third-order valence-electron chi connectivity index (χ3n) is 5.24. The summed E-state index contributed by atoms with van der Waals surface area (Å²) in [6.07, 6.45) is 9.70. The number of pyridine rings is 2. The van der Waals surface area contributed by atoms with Crippen molar-refractivity contribution in [3.05, 3.63) is 61.2 Å². The van der Waals surface area contributed by atoms with Crippen molar-refractivity contribution in [3.8, 4) is 0 Å². The van der Waals surface area contributed by atoms with Crippen molar-refractivity contribution in [3.63, 3.8) is 0 Å². The highest BCUT2D eigenvalue weighted by Gasteiger charge is 2.52. The Kier molecular flexibility index (Phi) is 3.52. The lowest BCUT2D eigenvalue weighted by Gasteiger charge is -2.35. The average Bonchev–Trinajstić information content (AvgIpc) is 2.61. The fraction of sp³-hybridized carbons (Fsp3) is 0.368. The van der Waals surface area contributed by atoms with Gasteiger partial charge in [0, 0.05) is 48.9 Å². The summed E-state index contributed by atoms with van der Waals surface area (Å²) in [5.74, 6) is 0.543. The van der Waals surface area contributed by atoms with Crippen molar-refractivity contribution >= 4 is 11.6 Å². The highest BCUT2D eigenvalue weighted by Crippen LogP contribution is 2.41. The molecule has 2 unspecified atom stereocenters. The Morgan fingerprint density at radius 2 is 1.00 bits per heavy atom. The maximum absolute atomic E-state index is 12.9. The number of carbonyl (C=O) groups excluding carboxylic acids is 2. The first kappa shape index (κ1) is 14.2. The van der Waals surface area contributed by atoms with Crippen LogP contribution in [-0.4, -0.2) is 11.6 Å². The lowest BCUT2D eigenvalue weighted by atomic mass is 9.67. The van der Waals surface area contributed by atoms with Gasteiger partial charge in [0.1, 0.15) is 0 Å². The summed E-state index contributed by atoms with van der Waals surface area (Å²) in [6, 6.07) is 11.2. The summed E-state index contributed by atoms with van der Waals surface area (Å²) in [4.78, 5) is 25.8. The van der Waals surface area contributed by atoms with E-state index in [9.17, 15) is 9.59 Å². The second-order valence-corrected chi connectivity index (χ2v) is 6.58. The van der Waals surface area contributed by atoms with Gasteiger partial charge in [-0.25, -0.2) is 0 Å². The normalized spacial score (nSPS) is 30.3. The number of carbonyl (C=O) groups is 2. The van der Waals surface area contributed by atoms with Crippen LogP contribution in [0, 0.1) is 11.8 Å². The quantitative estimate of drug-likeness (QED) is 0.791. The monoisotopic (exact) mass is 308 g/mol. The number of hydrogen-bond acceptors (Lipinski definition) is 2. The van der Waals surface area contributed by atoms with E-state index in [1.54, 1.807) is 0 Å². The molecule has 116 valence electrons. The van der Waals surface area contributed by atoms with Gasteiger partial charge in [0.2, 0.25) is 23.7 Å². The topological polar surface area (TPSA) is 41.9 Å². The molecule has 0 saturated heterocycles. The van der Waals surface area contributed by atoms with Crippen LogP contribution in [0.3, 0.4) is 0 Å². The van der Waals surface area contributed by atoms with Crippen LogP contribution in [0.4, 0.5) is 0 Å². The Bertz CT molecular complexity index is 666. The second-order valence-electron chi connectivity index (χ2n) is 6.58. The van der Waals surface area contributed by atoms with Gasteiger partial charge in [-0.3, -0.25) is 9.59 Å². The van der Waals surface area contributed by atoms with E-state index < -0.39 is 0 Å². The molecule has 0 spiro atoms. The van der Waals surface area contributed by atoms with Crippen molar-refractivity contribution in [2.24, 2.45) is 11.8 Å². The minimum Gasteiger partial charge on any atom is -0.292 e. The molecule has 2 heterocycles. The van der Waals surface area contributed by atoms with Crippen molar-refractivity contribution in [1.29, 1.82) is 0 Å². The van der Waals surface area contributed by atoms with Gasteiger partial charge in [0.15, 0.2) is 24.8 Å². The van der Waals surface area contributed by atoms with Crippen molar-refractivity contribution in [2.45, 2.75) is 31.3 Å². The van der Waals surface area contributed by atoms with Crippen molar-refractivity contribution in [2.75, 3.05) is 0 Å². The van der Waals surface area contributed by atoms with Crippen LogP contribution < -0.4 is 9.13 Å². The molecule has 23 heavy (non-hydrogen) atoms. The summed E-state index contributed by atoms with van der Waals surface area (Å²) >= 11 is 0. The Morgan fingerprint density at radius 1 is 0.609 bits per heavy atom. The van der Waals surface area contributed by atoms with Crippen LogP contribution in [0.25, 0.3) is 0 Å². The van der Waals surface area contributed by atoms with Crippen molar-refractivity contribution < 1.29 is 18.7 Å². The van der Waals surface area contributed by atoms with E-state index >= 15 is 0 Å². The Labute approximate surface area is 135 Å². The maximum Gasteiger partial charge on any atom is 0.217 e. The van der Waals surface area contributed by atoms with Gasteiger partial charge in [0.25, 0.3) is 0 Å². The van der Waals surface area contributed by atoms with E-state index in [2.05, 4.69) is 0 Å². The molecule has 0 aromatic carbocycles. The Balaban J connectivity index is 1.63. The van der Waals surface area contributed by atoms with Crippen LogP contribution in [0.5, 0.6) is 0 Å². The SMILES string of the molecule is O=C1C([n+]2ccccc2)C[C@H]2C[C@H]1CC([n+]1ccccc1)C2=O. The molecule has 4 rings (SSSR count). The van der Waals surface area contributed by atoms with Gasteiger partial charge < -0.3 is 0 Å². The average molecular weight is 308 g/mol. The van der Waals surface area contributed by atoms with Crippen LogP contribution in [0.15, 0.2) is 61.2 Å². The van der Waals surface area contributed by atoms with E-state index in [0.29, 0.717) is 12.8 Å². The van der Waals surface area contributed by atoms with Crippen LogP contribution >= 0.6 is 0 Å². The minimum absolute atomic E-state index is 0.0122. The zero-order valence-corrected chi connectivity index (χ0v) is 12.9. The molecule has 2 aromatic heterocycles. The number of Topliss-reactive ketones (excluding diaryl/α,β-unsaturated/α-hetero) is 2. The molecule has 4 atom stereocenters. The zero-order valence-electron chi connectivity index (χ0n) is 12.9. The van der Waals surface area contributed by atoms with E-state index in [1.807, 2.05) is 70.3 Å². The highest BCUT2D eigenvalue weighted by molar-refractivity contribution is 5.92. The van der Waals surface area contributed by atoms with Gasteiger partial charge in [-0.2, -0.15) is 9.13 Å². The third kappa shape index (κ3) is 2.48. The molecule has 2 saturated carbocycles. The van der Waals surface area contributed by atoms with Gasteiger partial charge in [-0.1, -0.05) is 12.1 Å². The number of hydrogen-bond donors (Lipinski definition) is 0. The summed E-state index contributed by atoms with van der Waals surface area (Å²) < 4.78 is 3.93. The second kappa shape index (κ2) is 5.69. The molecule has 4 heteroatoms. The third-order valence-corrected chi connectivity index (χ3v) is 5.24. The number of fused-ring (bicyclic) bond motifs is 2. The van der Waals surface area contributed by atoms with E-state index in [4.69, 9.17) is 0 Å². The zero-order chi connectivity index (χ0) is 15.8. The predicted octanol–water partition coefficient (Wildman–Crippen LogP) is 1.61. The molecular weight excluding hydrogens is 288 g/mol. The highest BCUT2D eigenvalue weighted by atomic mass is 16.1. The standard InChI is InChI=1S/C19H20N2O2/c22-18-15-11-14(12-16(18)20-7-3-1-4-8-20)19(23)17(13-15)21-9-5-2-6-10-21/h1-10,14-17H,11-13H2/q+2/t14-,15+,16?,17?. The molecule has 0 N–H and O–H groups in total. The minimum atomic E-state index is -0.189. The summed E-state index contributed by atoms with van der Waals surface area (Å²) in [7, 11) is 0. The molecule has 0 aliphatic heterocycles. The van der Waals surface area contributed by atoms with E-state index in [0.717, 1.165) is 6.42 Å². The number of ketones is 2. The summed E-state index contributed by atoms with van der Waals surface area (Å²) in [5, 5.41) is 0. The Morgan fingerprint density at radius 3 is 1.39 bits per heavy atom. The fourth-order valence-corrected chi connectivity index (χ4v) is 4.09. The maximum atomic E-state index is 12.9. The largest absolute Gasteiger partial charge is 0.292 e. The van der Waals surface area contributed by atoms with Gasteiger partial charge >= 0.3 is 0 Å². The van der Waals surface area contributed by atoms with Crippen LogP contribution in [-0.2, 0) is 9.59 Å². The lowest BCUT2D eigenvalue weighted by molar-refractivity contribution is -0.718. The fourth-order valence-electron chi connectivity index (χ4n) is 4.09. The molecular formula is C19H20N2O2+2. The molecule has 2 aromatic rings. The predicted molar refractivity (Wildman–Crippen MR) is 82.2 cm³/mol. The molecule has 2 aliphatic carbocycles. The molecule has 2 aliphatic rings. The smallest absolute Gasteiger partial charge is 0.217 e. The first-order valence-electron chi connectivity index (χ1n) is 8.23. The number of nitrogens with zero attached hydrogens (tertiary/aromatic N) is 2. The first-order chi connectivity index (χ1) is 11.2. The first-order valence-corrected chi connectivity index (χ1v) is 8.23. The van der Waals surface area contributed by atoms with E-state index in [-0.39, 0.29) is 35.5 Å². The molecule has 4 nitrogen and oxygen atoms in total. The van der Waals surface area contributed by atoms with E-state index in [1.165, 1.54) is 0 Å². The van der Waals surface area contributed by atoms with Crippen LogP contribution in [0.1, 0.15) is 31.3 Å². The van der Waals surface area contributed by atoms with Crippen LogP contribution in [0.2, 0.25) is 0 Å². The summed E-state index contributed by atoms with van der Waals surface area (Å²) in [6.45, 7) is 0. The molecule has 0 radical (unpaired) electrons.